The van der Waals surface area contributed by atoms with Gasteiger partial charge in [0.25, 0.3) is 0 Å². The lowest BCUT2D eigenvalue weighted by atomic mass is 9.99. The summed E-state index contributed by atoms with van der Waals surface area (Å²) in [6.45, 7) is 26.1. The molecule has 0 atom stereocenters. The molecule has 3 nitrogen and oxygen atoms in total. The van der Waals surface area contributed by atoms with E-state index in [1.165, 1.54) is 11.1 Å². The number of rotatable bonds is 15. The van der Waals surface area contributed by atoms with Gasteiger partial charge in [-0.15, -0.1) is 0 Å². The molecule has 0 heterocycles. The Morgan fingerprint density at radius 2 is 1.12 bits per heavy atom. The summed E-state index contributed by atoms with van der Waals surface area (Å²) in [7, 11) is -3.69. The summed E-state index contributed by atoms with van der Waals surface area (Å²) < 4.78 is 34.7. The predicted octanol–water partition coefficient (Wildman–Crippen LogP) is 9.92. The number of hydrogen-bond acceptors (Lipinski definition) is 3. The van der Waals surface area contributed by atoms with Crippen LogP contribution in [0.4, 0.5) is 4.39 Å². The van der Waals surface area contributed by atoms with Gasteiger partial charge in [-0.05, 0) is 90.6 Å². The second kappa shape index (κ2) is 14.6. The van der Waals surface area contributed by atoms with Crippen LogP contribution in [0.3, 0.4) is 0 Å². The molecular formula is C34H57FO3Si2. The molecule has 0 aliphatic carbocycles. The Labute approximate surface area is 247 Å². The minimum absolute atomic E-state index is 0.127. The topological polar surface area (TPSA) is 27.7 Å². The summed E-state index contributed by atoms with van der Waals surface area (Å²) in [5.41, 5.74) is 4.25. The first kappa shape index (κ1) is 34.7. The van der Waals surface area contributed by atoms with Crippen molar-refractivity contribution in [1.29, 1.82) is 0 Å². The van der Waals surface area contributed by atoms with E-state index < -0.39 is 16.6 Å². The molecule has 0 amide bonds. The molecule has 0 aliphatic rings. The number of halogens is 1. The first-order chi connectivity index (χ1) is 18.5. The fraction of sp³-hybridized carbons (Fsp3) is 0.647. The van der Waals surface area contributed by atoms with Crippen LogP contribution in [0, 0.1) is 5.82 Å². The Bertz CT molecular complexity index is 1050. The summed E-state index contributed by atoms with van der Waals surface area (Å²) >= 11 is 0. The van der Waals surface area contributed by atoms with Gasteiger partial charge in [0, 0.05) is 6.61 Å². The summed E-state index contributed by atoms with van der Waals surface area (Å²) in [6.07, 6.45) is 5.26. The summed E-state index contributed by atoms with van der Waals surface area (Å²) in [4.78, 5) is 0. The normalized spacial score (nSPS) is 13.1. The average Bonchev–Trinajstić information content (AvgIpc) is 2.84. The van der Waals surface area contributed by atoms with E-state index in [9.17, 15) is 0 Å². The largest absolute Gasteiger partial charge is 0.488 e. The minimum Gasteiger partial charge on any atom is -0.488 e. The third-order valence-corrected chi connectivity index (χ3v) is 18.0. The van der Waals surface area contributed by atoms with Crippen LogP contribution in [0.5, 0.6) is 5.75 Å². The molecule has 0 unspecified atom stereocenters. The Hall–Kier alpha value is -1.48. The SMILES string of the molecule is CCCc1ccc(CCc2ccc(CCCO[Si](C)(C)C(C)(C)C)c(F)c2OCCO[Si](C)(C)C(C)(C)C)cc1. The maximum absolute atomic E-state index is 15.9. The molecule has 40 heavy (non-hydrogen) atoms. The molecule has 0 spiro atoms. The lowest BCUT2D eigenvalue weighted by molar-refractivity contribution is 0.197. The fourth-order valence-corrected chi connectivity index (χ4v) is 6.20. The maximum atomic E-state index is 15.9. The highest BCUT2D eigenvalue weighted by molar-refractivity contribution is 6.74. The van der Waals surface area contributed by atoms with Crippen molar-refractivity contribution in [2.45, 2.75) is 123 Å². The lowest BCUT2D eigenvalue weighted by Crippen LogP contribution is -2.41. The third kappa shape index (κ3) is 10.1. The van der Waals surface area contributed by atoms with Crippen molar-refractivity contribution in [1.82, 2.24) is 0 Å². The van der Waals surface area contributed by atoms with Crippen molar-refractivity contribution in [3.8, 4) is 5.75 Å². The monoisotopic (exact) mass is 588 g/mol. The van der Waals surface area contributed by atoms with Crippen LogP contribution in [-0.4, -0.2) is 36.5 Å². The van der Waals surface area contributed by atoms with Gasteiger partial charge < -0.3 is 13.6 Å². The fourth-order valence-electron chi connectivity index (χ4n) is 4.09. The molecule has 0 aliphatic heterocycles. The van der Waals surface area contributed by atoms with Crippen LogP contribution in [0.1, 0.15) is 83.6 Å². The molecule has 0 saturated carbocycles. The maximum Gasteiger partial charge on any atom is 0.192 e. The second-order valence-corrected chi connectivity index (χ2v) is 23.9. The highest BCUT2D eigenvalue weighted by Crippen LogP contribution is 2.37. The van der Waals surface area contributed by atoms with Crippen LogP contribution in [-0.2, 0) is 34.5 Å². The van der Waals surface area contributed by atoms with Crippen LogP contribution in [0.25, 0.3) is 0 Å². The van der Waals surface area contributed by atoms with E-state index in [0.717, 1.165) is 37.7 Å². The molecule has 2 aromatic rings. The Morgan fingerprint density at radius 1 is 0.625 bits per heavy atom. The molecular weight excluding hydrogens is 532 g/mol. The Balaban J connectivity index is 2.13. The Morgan fingerprint density at radius 3 is 1.65 bits per heavy atom. The van der Waals surface area contributed by atoms with Crippen molar-refractivity contribution in [2.24, 2.45) is 0 Å². The third-order valence-electron chi connectivity index (χ3n) is 8.96. The van der Waals surface area contributed by atoms with Crippen LogP contribution in [0.15, 0.2) is 36.4 Å². The predicted molar refractivity (Wildman–Crippen MR) is 174 cm³/mol. The van der Waals surface area contributed by atoms with Gasteiger partial charge >= 0.3 is 0 Å². The summed E-state index contributed by atoms with van der Waals surface area (Å²) in [5, 5.41) is 0.298. The van der Waals surface area contributed by atoms with Gasteiger partial charge in [-0.1, -0.05) is 91.3 Å². The number of ether oxygens (including phenoxy) is 1. The highest BCUT2D eigenvalue weighted by atomic mass is 28.4. The van der Waals surface area contributed by atoms with Gasteiger partial charge in [0.2, 0.25) is 0 Å². The van der Waals surface area contributed by atoms with Gasteiger partial charge in [0.1, 0.15) is 6.61 Å². The zero-order valence-corrected chi connectivity index (χ0v) is 29.4. The van der Waals surface area contributed by atoms with E-state index in [0.29, 0.717) is 37.6 Å². The van der Waals surface area contributed by atoms with Gasteiger partial charge in [-0.2, -0.15) is 0 Å². The quantitative estimate of drug-likeness (QED) is 0.153. The molecule has 0 bridgehead atoms. The summed E-state index contributed by atoms with van der Waals surface area (Å²) in [6, 6.07) is 12.8. The zero-order valence-electron chi connectivity index (χ0n) is 27.4. The van der Waals surface area contributed by atoms with Crippen LogP contribution in [0.2, 0.25) is 36.3 Å². The van der Waals surface area contributed by atoms with Crippen molar-refractivity contribution in [3.05, 3.63) is 64.5 Å². The van der Waals surface area contributed by atoms with Gasteiger partial charge in [-0.25, -0.2) is 4.39 Å². The number of aryl methyl sites for hydroxylation is 4. The van der Waals surface area contributed by atoms with Crippen molar-refractivity contribution in [2.75, 3.05) is 19.8 Å². The molecule has 2 rings (SSSR count). The van der Waals surface area contributed by atoms with E-state index in [1.807, 2.05) is 6.07 Å². The molecule has 226 valence electrons. The Kier molecular flexibility index (Phi) is 12.7. The zero-order chi connectivity index (χ0) is 30.2. The second-order valence-electron chi connectivity index (χ2n) is 14.3. The molecule has 2 aromatic carbocycles. The van der Waals surface area contributed by atoms with Gasteiger partial charge in [0.05, 0.1) is 6.61 Å². The van der Waals surface area contributed by atoms with E-state index >= 15 is 4.39 Å². The van der Waals surface area contributed by atoms with E-state index in [2.05, 4.69) is 105 Å². The first-order valence-electron chi connectivity index (χ1n) is 15.3. The van der Waals surface area contributed by atoms with Crippen molar-refractivity contribution >= 4 is 16.6 Å². The molecule has 6 heteroatoms. The van der Waals surface area contributed by atoms with Crippen molar-refractivity contribution < 1.29 is 18.0 Å². The molecule has 0 saturated heterocycles. The lowest BCUT2D eigenvalue weighted by Gasteiger charge is -2.36. The minimum atomic E-state index is -1.89. The smallest absolute Gasteiger partial charge is 0.192 e. The average molecular weight is 589 g/mol. The molecule has 0 fully saturated rings. The van der Waals surface area contributed by atoms with Crippen LogP contribution >= 0.6 is 0 Å². The molecule has 0 N–H and O–H groups in total. The highest BCUT2D eigenvalue weighted by Gasteiger charge is 2.37. The van der Waals surface area contributed by atoms with Gasteiger partial charge in [-0.3, -0.25) is 0 Å². The van der Waals surface area contributed by atoms with Crippen LogP contribution < -0.4 is 4.74 Å². The van der Waals surface area contributed by atoms with E-state index in [-0.39, 0.29) is 15.9 Å². The van der Waals surface area contributed by atoms with Gasteiger partial charge in [0.15, 0.2) is 28.2 Å². The standard InChI is InChI=1S/C34H57FO3Si2/c1-12-14-27-16-18-28(19-17-27)20-21-30-23-22-29(15-13-24-37-39(8,9)33(2,3)4)31(35)32(30)36-25-26-38-40(10,11)34(5,6)7/h16-19,22-23H,12-15,20-21,24-26H2,1-11H3. The molecule has 0 radical (unpaired) electrons. The number of hydrogen-bond donors (Lipinski definition) is 0. The molecule has 0 aromatic heterocycles. The number of benzene rings is 2. The first-order valence-corrected chi connectivity index (χ1v) is 21.1. The van der Waals surface area contributed by atoms with E-state index in [1.54, 1.807) is 0 Å². The van der Waals surface area contributed by atoms with Crippen molar-refractivity contribution in [3.63, 3.8) is 0 Å². The van der Waals surface area contributed by atoms with E-state index in [4.69, 9.17) is 13.6 Å². The summed E-state index contributed by atoms with van der Waals surface area (Å²) in [5.74, 6) is 0.166.